The first-order chi connectivity index (χ1) is 13.6. The van der Waals surface area contributed by atoms with Crippen molar-refractivity contribution in [2.45, 2.75) is 13.0 Å². The maximum atomic E-state index is 13.5. The average molecular weight is 376 g/mol. The summed E-state index contributed by atoms with van der Waals surface area (Å²) in [6.07, 6.45) is 5.57. The lowest BCUT2D eigenvalue weighted by Gasteiger charge is -2.16. The van der Waals surface area contributed by atoms with E-state index in [1.165, 1.54) is 12.1 Å². The normalized spacial score (nSPS) is 12.5. The van der Waals surface area contributed by atoms with Gasteiger partial charge in [0.1, 0.15) is 11.6 Å². The number of aromatic nitrogens is 3. The number of hydrogen-bond acceptors (Lipinski definition) is 3. The monoisotopic (exact) mass is 376 g/mol. The molecular weight excluding hydrogens is 358 g/mol. The summed E-state index contributed by atoms with van der Waals surface area (Å²) in [5.41, 5.74) is 3.91. The summed E-state index contributed by atoms with van der Waals surface area (Å²) in [6, 6.07) is 14.7. The first kappa shape index (κ1) is 17.9. The molecule has 140 valence electrons. The molecule has 0 saturated carbocycles. The maximum absolute atomic E-state index is 13.5. The van der Waals surface area contributed by atoms with E-state index in [0.29, 0.717) is 5.56 Å². The summed E-state index contributed by atoms with van der Waals surface area (Å²) in [5, 5.41) is 11.6. The van der Waals surface area contributed by atoms with Gasteiger partial charge in [-0.05, 0) is 67.1 Å². The number of benzene rings is 2. The van der Waals surface area contributed by atoms with Crippen LogP contribution in [0.3, 0.4) is 0 Å². The van der Waals surface area contributed by atoms with E-state index in [0.717, 1.165) is 34.0 Å². The molecule has 0 saturated heterocycles. The molecule has 0 unspecified atom stereocenters. The molecular formula is C22H18F2N4. The zero-order chi connectivity index (χ0) is 19.5. The van der Waals surface area contributed by atoms with Crippen LogP contribution >= 0.6 is 0 Å². The van der Waals surface area contributed by atoms with Crippen molar-refractivity contribution in [1.82, 2.24) is 15.2 Å². The van der Waals surface area contributed by atoms with Crippen LogP contribution in [0.25, 0.3) is 23.1 Å². The summed E-state index contributed by atoms with van der Waals surface area (Å²) in [7, 11) is 0. The van der Waals surface area contributed by atoms with E-state index < -0.39 is 11.6 Å². The van der Waals surface area contributed by atoms with Crippen LogP contribution in [-0.2, 0) is 0 Å². The molecule has 2 N–H and O–H groups in total. The molecule has 28 heavy (non-hydrogen) atoms. The second-order valence-corrected chi connectivity index (χ2v) is 6.53. The number of hydrogen-bond donors (Lipinski definition) is 2. The van der Waals surface area contributed by atoms with Crippen molar-refractivity contribution >= 4 is 28.7 Å². The highest BCUT2D eigenvalue weighted by Gasteiger charge is 2.10. The summed E-state index contributed by atoms with van der Waals surface area (Å²) in [4.78, 5) is 4.27. The SMILES string of the molecule is C[C@H](Nc1ccc2n[nH]c(/C=C/c3ccccn3)c2c1)c1cc(F)cc(F)c1. The second-order valence-electron chi connectivity index (χ2n) is 6.53. The van der Waals surface area contributed by atoms with Crippen molar-refractivity contribution < 1.29 is 8.78 Å². The number of nitrogens with one attached hydrogen (secondary N) is 2. The molecule has 4 rings (SSSR count). The molecule has 0 aliphatic heterocycles. The lowest BCUT2D eigenvalue weighted by Crippen LogP contribution is -2.07. The third-order valence-corrected chi connectivity index (χ3v) is 4.46. The number of anilines is 1. The zero-order valence-corrected chi connectivity index (χ0v) is 15.2. The standard InChI is InChI=1S/C22H18F2N4/c1-14(15-10-16(23)12-17(24)11-15)26-19-6-8-22-20(13-19)21(27-28-22)7-5-18-4-2-3-9-25-18/h2-14,26H,1H3,(H,27,28)/b7-5+/t14-/m0/s1. The van der Waals surface area contributed by atoms with Crippen LogP contribution in [-0.4, -0.2) is 15.2 Å². The minimum atomic E-state index is -0.587. The Labute approximate surface area is 160 Å². The van der Waals surface area contributed by atoms with E-state index in [9.17, 15) is 8.78 Å². The van der Waals surface area contributed by atoms with Gasteiger partial charge in [0.25, 0.3) is 0 Å². The van der Waals surface area contributed by atoms with Gasteiger partial charge in [-0.1, -0.05) is 6.07 Å². The molecule has 0 aliphatic rings. The summed E-state index contributed by atoms with van der Waals surface area (Å²) in [5.74, 6) is -1.17. The summed E-state index contributed by atoms with van der Waals surface area (Å²) in [6.45, 7) is 1.86. The van der Waals surface area contributed by atoms with Gasteiger partial charge in [-0.15, -0.1) is 0 Å². The maximum Gasteiger partial charge on any atom is 0.126 e. The molecule has 0 spiro atoms. The second kappa shape index (κ2) is 7.60. The van der Waals surface area contributed by atoms with Gasteiger partial charge in [0, 0.05) is 29.4 Å². The van der Waals surface area contributed by atoms with Crippen LogP contribution in [0, 0.1) is 11.6 Å². The molecule has 0 aliphatic carbocycles. The predicted octanol–water partition coefficient (Wildman–Crippen LogP) is 5.58. The highest BCUT2D eigenvalue weighted by atomic mass is 19.1. The van der Waals surface area contributed by atoms with Crippen molar-refractivity contribution in [2.75, 3.05) is 5.32 Å². The molecule has 1 atom stereocenters. The Morgan fingerprint density at radius 2 is 1.82 bits per heavy atom. The average Bonchev–Trinajstić information content (AvgIpc) is 3.09. The lowest BCUT2D eigenvalue weighted by molar-refractivity contribution is 0.577. The Balaban J connectivity index is 1.59. The Hall–Kier alpha value is -3.54. The fraction of sp³-hybridized carbons (Fsp3) is 0.0909. The Kier molecular flexibility index (Phi) is 4.85. The van der Waals surface area contributed by atoms with E-state index in [2.05, 4.69) is 20.5 Å². The summed E-state index contributed by atoms with van der Waals surface area (Å²) >= 11 is 0. The fourth-order valence-corrected chi connectivity index (χ4v) is 3.05. The van der Waals surface area contributed by atoms with Crippen LogP contribution in [0.2, 0.25) is 0 Å². The number of rotatable bonds is 5. The van der Waals surface area contributed by atoms with Crippen molar-refractivity contribution in [3.8, 4) is 0 Å². The van der Waals surface area contributed by atoms with E-state index in [1.54, 1.807) is 6.20 Å². The van der Waals surface area contributed by atoms with Crippen LogP contribution in [0.5, 0.6) is 0 Å². The highest BCUT2D eigenvalue weighted by Crippen LogP contribution is 2.26. The molecule has 2 heterocycles. The third-order valence-electron chi connectivity index (χ3n) is 4.46. The van der Waals surface area contributed by atoms with Gasteiger partial charge in [0.15, 0.2) is 0 Å². The number of H-pyrrole nitrogens is 1. The lowest BCUT2D eigenvalue weighted by atomic mass is 10.1. The molecule has 0 amide bonds. The van der Waals surface area contributed by atoms with Crippen LogP contribution in [0.1, 0.15) is 29.9 Å². The largest absolute Gasteiger partial charge is 0.378 e. The van der Waals surface area contributed by atoms with Crippen LogP contribution in [0.4, 0.5) is 14.5 Å². The van der Waals surface area contributed by atoms with Crippen molar-refractivity contribution in [3.05, 3.63) is 89.4 Å². The third kappa shape index (κ3) is 3.91. The van der Waals surface area contributed by atoms with Crippen LogP contribution in [0.15, 0.2) is 60.8 Å². The Morgan fingerprint density at radius 1 is 1.00 bits per heavy atom. The molecule has 4 nitrogen and oxygen atoms in total. The van der Waals surface area contributed by atoms with E-state index in [4.69, 9.17) is 0 Å². The van der Waals surface area contributed by atoms with E-state index >= 15 is 0 Å². The number of aromatic amines is 1. The van der Waals surface area contributed by atoms with Gasteiger partial charge >= 0.3 is 0 Å². The summed E-state index contributed by atoms with van der Waals surface area (Å²) < 4.78 is 27.0. The first-order valence-corrected chi connectivity index (χ1v) is 8.88. The van der Waals surface area contributed by atoms with E-state index in [1.807, 2.05) is 55.5 Å². The molecule has 2 aromatic carbocycles. The topological polar surface area (TPSA) is 53.6 Å². The minimum Gasteiger partial charge on any atom is -0.378 e. The number of halogens is 2. The quantitative estimate of drug-likeness (QED) is 0.478. The molecule has 6 heteroatoms. The molecule has 2 aromatic heterocycles. The van der Waals surface area contributed by atoms with Gasteiger partial charge in [-0.25, -0.2) is 8.78 Å². The number of nitrogens with zero attached hydrogens (tertiary/aromatic N) is 2. The Morgan fingerprint density at radius 3 is 2.57 bits per heavy atom. The van der Waals surface area contributed by atoms with Crippen LogP contribution < -0.4 is 5.32 Å². The smallest absolute Gasteiger partial charge is 0.126 e. The minimum absolute atomic E-state index is 0.262. The highest BCUT2D eigenvalue weighted by molar-refractivity contribution is 5.91. The van der Waals surface area contributed by atoms with Gasteiger partial charge in [-0.3, -0.25) is 10.1 Å². The van der Waals surface area contributed by atoms with Crippen molar-refractivity contribution in [2.24, 2.45) is 0 Å². The van der Waals surface area contributed by atoms with Crippen molar-refractivity contribution in [3.63, 3.8) is 0 Å². The predicted molar refractivity (Wildman–Crippen MR) is 108 cm³/mol. The fourth-order valence-electron chi connectivity index (χ4n) is 3.05. The van der Waals surface area contributed by atoms with Gasteiger partial charge < -0.3 is 5.32 Å². The number of pyridine rings is 1. The van der Waals surface area contributed by atoms with Gasteiger partial charge in [0.05, 0.1) is 16.9 Å². The number of fused-ring (bicyclic) bond motifs is 1. The molecule has 0 fully saturated rings. The molecule has 0 bridgehead atoms. The zero-order valence-electron chi connectivity index (χ0n) is 15.2. The Bertz CT molecular complexity index is 1120. The van der Waals surface area contributed by atoms with Gasteiger partial charge in [-0.2, -0.15) is 5.10 Å². The molecule has 4 aromatic rings. The van der Waals surface area contributed by atoms with Crippen molar-refractivity contribution in [1.29, 1.82) is 0 Å². The van der Waals surface area contributed by atoms with Gasteiger partial charge in [0.2, 0.25) is 0 Å². The first-order valence-electron chi connectivity index (χ1n) is 8.88. The van der Waals surface area contributed by atoms with E-state index in [-0.39, 0.29) is 6.04 Å². The molecule has 0 radical (unpaired) electrons.